The molecule has 1 aromatic carbocycles. The Kier molecular flexibility index (Phi) is 2.87. The summed E-state index contributed by atoms with van der Waals surface area (Å²) >= 11 is 8.67. The summed E-state index contributed by atoms with van der Waals surface area (Å²) in [5.74, 6) is -0.122. The van der Waals surface area contributed by atoms with Crippen LogP contribution in [0.3, 0.4) is 0 Å². The lowest BCUT2D eigenvalue weighted by molar-refractivity contribution is 0.473. The van der Waals surface area contributed by atoms with E-state index in [0.717, 1.165) is 0 Å². The van der Waals surface area contributed by atoms with Gasteiger partial charge >= 0.3 is 0 Å². The molecule has 1 aromatic rings. The van der Waals surface area contributed by atoms with E-state index in [1.165, 1.54) is 18.2 Å². The number of phenolic OH excluding ortho intramolecular Hbond substituents is 1. The minimum Gasteiger partial charge on any atom is -0.505 e. The Morgan fingerprint density at radius 1 is 1.58 bits per heavy atom. The van der Waals surface area contributed by atoms with Gasteiger partial charge < -0.3 is 5.11 Å². The molecular weight excluding hydrogens is 245 g/mol. The van der Waals surface area contributed by atoms with Crippen LogP contribution in [0.5, 0.6) is 5.75 Å². The average molecular weight is 248 g/mol. The number of halogens is 2. The van der Waals surface area contributed by atoms with Gasteiger partial charge in [-0.1, -0.05) is 11.6 Å². The van der Waals surface area contributed by atoms with E-state index in [4.69, 9.17) is 11.6 Å². The van der Waals surface area contributed by atoms with Crippen LogP contribution in [0.4, 0.5) is 5.69 Å². The van der Waals surface area contributed by atoms with Gasteiger partial charge in [0.25, 0.3) is 0 Å². The lowest BCUT2D eigenvalue weighted by atomic mass is 10.3. The van der Waals surface area contributed by atoms with Gasteiger partial charge in [0.05, 0.1) is 4.47 Å². The maximum Gasteiger partial charge on any atom is 0.240 e. The third kappa shape index (κ3) is 1.85. The zero-order valence-electron chi connectivity index (χ0n) is 5.71. The Bertz CT molecular complexity index is 361. The maximum atomic E-state index is 9.89. The SMILES string of the molecule is O=C=Nc1cc(Cl)cc(Br)c1O. The molecule has 1 N–H and O–H groups in total. The molecule has 0 spiro atoms. The van der Waals surface area contributed by atoms with Gasteiger partial charge in [0.15, 0.2) is 5.75 Å². The third-order valence-electron chi connectivity index (χ3n) is 1.17. The fourth-order valence-corrected chi connectivity index (χ4v) is 1.48. The lowest BCUT2D eigenvalue weighted by Gasteiger charge is -1.99. The number of nitrogens with zero attached hydrogens (tertiary/aromatic N) is 1. The highest BCUT2D eigenvalue weighted by Gasteiger charge is 2.05. The number of carbonyl (C=O) groups excluding carboxylic acids is 1. The Balaban J connectivity index is 3.36. The smallest absolute Gasteiger partial charge is 0.240 e. The topological polar surface area (TPSA) is 49.7 Å². The van der Waals surface area contributed by atoms with Crippen molar-refractivity contribution in [2.45, 2.75) is 0 Å². The first kappa shape index (κ1) is 9.26. The molecule has 0 bridgehead atoms. The van der Waals surface area contributed by atoms with Gasteiger partial charge in [-0.25, -0.2) is 4.79 Å². The van der Waals surface area contributed by atoms with Gasteiger partial charge in [-0.2, -0.15) is 4.99 Å². The number of rotatable bonds is 1. The summed E-state index contributed by atoms with van der Waals surface area (Å²) < 4.78 is 0.393. The van der Waals surface area contributed by atoms with Crippen molar-refractivity contribution >= 4 is 39.3 Å². The number of phenols is 1. The van der Waals surface area contributed by atoms with Crippen LogP contribution in [0.1, 0.15) is 0 Å². The fraction of sp³-hybridized carbons (Fsp3) is 0. The molecule has 0 aliphatic heterocycles. The maximum absolute atomic E-state index is 9.89. The van der Waals surface area contributed by atoms with Gasteiger partial charge in [-0.05, 0) is 28.1 Å². The van der Waals surface area contributed by atoms with Crippen LogP contribution < -0.4 is 0 Å². The third-order valence-corrected chi connectivity index (χ3v) is 2.00. The van der Waals surface area contributed by atoms with Gasteiger partial charge in [-0.15, -0.1) is 0 Å². The molecule has 0 saturated carbocycles. The summed E-state index contributed by atoms with van der Waals surface area (Å²) in [4.78, 5) is 13.1. The summed E-state index contributed by atoms with van der Waals surface area (Å²) in [7, 11) is 0. The van der Waals surface area contributed by atoms with Crippen molar-refractivity contribution in [3.63, 3.8) is 0 Å². The summed E-state index contributed by atoms with van der Waals surface area (Å²) in [6.45, 7) is 0. The first-order valence-electron chi connectivity index (χ1n) is 2.91. The minimum absolute atomic E-state index is 0.101. The molecule has 0 radical (unpaired) electrons. The zero-order valence-corrected chi connectivity index (χ0v) is 8.06. The van der Waals surface area contributed by atoms with Crippen molar-refractivity contribution in [2.75, 3.05) is 0 Å². The van der Waals surface area contributed by atoms with Gasteiger partial charge in [0.1, 0.15) is 5.69 Å². The molecular formula is C7H3BrClNO2. The van der Waals surface area contributed by atoms with E-state index in [1.54, 1.807) is 0 Å². The number of isocyanates is 1. The van der Waals surface area contributed by atoms with Crippen molar-refractivity contribution in [2.24, 2.45) is 4.99 Å². The van der Waals surface area contributed by atoms with Crippen molar-refractivity contribution in [3.05, 3.63) is 21.6 Å². The average Bonchev–Trinajstić information content (AvgIpc) is 2.00. The molecule has 0 heterocycles. The molecule has 5 heteroatoms. The van der Waals surface area contributed by atoms with Crippen molar-refractivity contribution in [1.82, 2.24) is 0 Å². The number of hydrogen-bond acceptors (Lipinski definition) is 3. The summed E-state index contributed by atoms with van der Waals surface area (Å²) in [5, 5.41) is 9.66. The predicted molar refractivity (Wildman–Crippen MR) is 48.6 cm³/mol. The second-order valence-corrected chi connectivity index (χ2v) is 3.25. The Labute approximate surface area is 81.8 Å². The first-order chi connectivity index (χ1) is 5.65. The molecule has 3 nitrogen and oxygen atoms in total. The molecule has 62 valence electrons. The molecule has 0 amide bonds. The van der Waals surface area contributed by atoms with Crippen LogP contribution in [0.15, 0.2) is 21.6 Å². The quantitative estimate of drug-likeness (QED) is 0.614. The second kappa shape index (κ2) is 3.72. The van der Waals surface area contributed by atoms with Gasteiger partial charge in [-0.3, -0.25) is 0 Å². The number of benzene rings is 1. The van der Waals surface area contributed by atoms with Crippen LogP contribution in [0, 0.1) is 0 Å². The fourth-order valence-electron chi connectivity index (χ4n) is 0.687. The van der Waals surface area contributed by atoms with E-state index in [1.807, 2.05) is 0 Å². The van der Waals surface area contributed by atoms with Gasteiger partial charge in [0.2, 0.25) is 6.08 Å². The van der Waals surface area contributed by atoms with Crippen LogP contribution >= 0.6 is 27.5 Å². The van der Waals surface area contributed by atoms with E-state index < -0.39 is 0 Å². The molecule has 12 heavy (non-hydrogen) atoms. The summed E-state index contributed by atoms with van der Waals surface area (Å²) in [6.07, 6.45) is 1.31. The second-order valence-electron chi connectivity index (χ2n) is 1.96. The Hall–Kier alpha value is -0.830. The van der Waals surface area contributed by atoms with Crippen molar-refractivity contribution in [3.8, 4) is 5.75 Å². The molecule has 0 aromatic heterocycles. The Morgan fingerprint density at radius 3 is 2.83 bits per heavy atom. The van der Waals surface area contributed by atoms with Crippen LogP contribution in [0.2, 0.25) is 5.02 Å². The van der Waals surface area contributed by atoms with E-state index in [9.17, 15) is 9.90 Å². The normalized spacial score (nSPS) is 9.17. The molecule has 1 rings (SSSR count). The van der Waals surface area contributed by atoms with E-state index >= 15 is 0 Å². The van der Waals surface area contributed by atoms with E-state index in [-0.39, 0.29) is 11.4 Å². The largest absolute Gasteiger partial charge is 0.505 e. The Morgan fingerprint density at radius 2 is 2.25 bits per heavy atom. The molecule has 0 aliphatic rings. The summed E-state index contributed by atoms with van der Waals surface area (Å²) in [6, 6.07) is 2.87. The van der Waals surface area contributed by atoms with Crippen LogP contribution in [-0.2, 0) is 4.79 Å². The molecule has 0 fully saturated rings. The standard InChI is InChI=1S/C7H3BrClNO2/c8-5-1-4(9)2-6(7(5)12)10-3-11/h1-2,12H. The molecule has 0 atom stereocenters. The minimum atomic E-state index is -0.122. The van der Waals surface area contributed by atoms with Gasteiger partial charge in [0, 0.05) is 5.02 Å². The highest BCUT2D eigenvalue weighted by molar-refractivity contribution is 9.10. The number of hydrogen-bond donors (Lipinski definition) is 1. The number of aromatic hydroxyl groups is 1. The molecule has 0 unspecified atom stereocenters. The predicted octanol–water partition coefficient (Wildman–Crippen LogP) is 2.78. The molecule has 0 aliphatic carbocycles. The zero-order chi connectivity index (χ0) is 9.14. The van der Waals surface area contributed by atoms with Crippen LogP contribution in [-0.4, -0.2) is 11.2 Å². The number of aliphatic imine (C=N–C) groups is 1. The highest BCUT2D eigenvalue weighted by atomic mass is 79.9. The van der Waals surface area contributed by atoms with Crippen LogP contribution in [0.25, 0.3) is 0 Å². The van der Waals surface area contributed by atoms with Crippen molar-refractivity contribution < 1.29 is 9.90 Å². The summed E-state index contributed by atoms with van der Waals surface area (Å²) in [5.41, 5.74) is 0.101. The highest BCUT2D eigenvalue weighted by Crippen LogP contribution is 2.36. The van der Waals surface area contributed by atoms with E-state index in [2.05, 4.69) is 20.9 Å². The molecule has 0 saturated heterocycles. The van der Waals surface area contributed by atoms with Crippen molar-refractivity contribution in [1.29, 1.82) is 0 Å². The monoisotopic (exact) mass is 247 g/mol. The van der Waals surface area contributed by atoms with E-state index in [0.29, 0.717) is 9.50 Å². The first-order valence-corrected chi connectivity index (χ1v) is 4.08. The lowest BCUT2D eigenvalue weighted by Crippen LogP contribution is -1.72.